The molecule has 2 aromatic heterocycles. The third-order valence-electron chi connectivity index (χ3n) is 4.51. The van der Waals surface area contributed by atoms with Gasteiger partial charge in [-0.15, -0.1) is 0 Å². The molecule has 1 atom stereocenters. The lowest BCUT2D eigenvalue weighted by molar-refractivity contribution is 0.0936. The Bertz CT molecular complexity index is 823. The van der Waals surface area contributed by atoms with Gasteiger partial charge in [-0.2, -0.15) is 11.3 Å². The van der Waals surface area contributed by atoms with E-state index in [1.165, 1.54) is 5.56 Å². The lowest BCUT2D eigenvalue weighted by Crippen LogP contribution is -2.38. The van der Waals surface area contributed by atoms with E-state index >= 15 is 0 Å². The van der Waals surface area contributed by atoms with Crippen molar-refractivity contribution in [2.75, 3.05) is 19.6 Å². The Morgan fingerprint density at radius 2 is 2.00 bits per heavy atom. The fourth-order valence-corrected chi connectivity index (χ4v) is 3.87. The minimum Gasteiger partial charge on any atom is -0.350 e. The Morgan fingerprint density at radius 3 is 2.72 bits per heavy atom. The van der Waals surface area contributed by atoms with Crippen molar-refractivity contribution in [1.82, 2.24) is 15.2 Å². The van der Waals surface area contributed by atoms with Gasteiger partial charge in [-0.1, -0.05) is 32.0 Å². The zero-order valence-corrected chi connectivity index (χ0v) is 15.4. The molecular weight excluding hydrogens is 330 g/mol. The van der Waals surface area contributed by atoms with Crippen LogP contribution in [0.5, 0.6) is 0 Å². The molecule has 0 fully saturated rings. The number of fused-ring (bicyclic) bond motifs is 1. The van der Waals surface area contributed by atoms with Crippen molar-refractivity contribution in [2.24, 2.45) is 0 Å². The number of nitrogens with zero attached hydrogens (tertiary/aromatic N) is 2. The van der Waals surface area contributed by atoms with Crippen LogP contribution in [0.4, 0.5) is 0 Å². The summed E-state index contributed by atoms with van der Waals surface area (Å²) in [6, 6.07) is 11.9. The van der Waals surface area contributed by atoms with E-state index in [0.717, 1.165) is 24.0 Å². The highest BCUT2D eigenvalue weighted by Gasteiger charge is 2.20. The summed E-state index contributed by atoms with van der Waals surface area (Å²) in [5.74, 6) is -0.0725. The Labute approximate surface area is 152 Å². The van der Waals surface area contributed by atoms with Gasteiger partial charge >= 0.3 is 0 Å². The first-order chi connectivity index (χ1) is 12.2. The maximum Gasteiger partial charge on any atom is 0.253 e. The maximum atomic E-state index is 12.8. The molecule has 1 N–H and O–H groups in total. The molecule has 4 nitrogen and oxygen atoms in total. The number of carbonyl (C=O) groups excluding carboxylic acids is 1. The Kier molecular flexibility index (Phi) is 5.79. The molecular formula is C20H23N3OS. The highest BCUT2D eigenvalue weighted by molar-refractivity contribution is 7.07. The number of rotatable bonds is 7. The van der Waals surface area contributed by atoms with Crippen molar-refractivity contribution in [3.05, 3.63) is 64.5 Å². The first kappa shape index (κ1) is 17.6. The molecule has 0 unspecified atom stereocenters. The van der Waals surface area contributed by atoms with Gasteiger partial charge in [-0.05, 0) is 47.6 Å². The molecule has 0 aliphatic heterocycles. The lowest BCUT2D eigenvalue weighted by Gasteiger charge is -2.29. The molecule has 0 saturated heterocycles. The topological polar surface area (TPSA) is 45.2 Å². The summed E-state index contributed by atoms with van der Waals surface area (Å²) in [6.07, 6.45) is 1.73. The van der Waals surface area contributed by atoms with Gasteiger partial charge in [0, 0.05) is 18.1 Å². The zero-order chi connectivity index (χ0) is 17.6. The van der Waals surface area contributed by atoms with Gasteiger partial charge in [0.1, 0.15) is 0 Å². The second kappa shape index (κ2) is 8.23. The SMILES string of the molecule is CCN(CC)[C@@H](CNC(=O)c1cccc2cccnc12)c1ccsc1. The molecule has 3 aromatic rings. The highest BCUT2D eigenvalue weighted by atomic mass is 32.1. The molecule has 2 heterocycles. The number of hydrogen-bond acceptors (Lipinski definition) is 4. The maximum absolute atomic E-state index is 12.8. The molecule has 3 rings (SSSR count). The van der Waals surface area contributed by atoms with Crippen LogP contribution in [0.3, 0.4) is 0 Å². The molecule has 130 valence electrons. The van der Waals surface area contributed by atoms with Crippen LogP contribution >= 0.6 is 11.3 Å². The van der Waals surface area contributed by atoms with Gasteiger partial charge < -0.3 is 5.32 Å². The minimum absolute atomic E-state index is 0.0725. The average molecular weight is 353 g/mol. The summed E-state index contributed by atoms with van der Waals surface area (Å²) in [6.45, 7) is 6.78. The number of hydrogen-bond donors (Lipinski definition) is 1. The van der Waals surface area contributed by atoms with Gasteiger partial charge in [-0.25, -0.2) is 0 Å². The number of nitrogens with one attached hydrogen (secondary N) is 1. The van der Waals surface area contributed by atoms with Gasteiger partial charge in [0.05, 0.1) is 17.1 Å². The fourth-order valence-electron chi connectivity index (χ4n) is 3.16. The van der Waals surface area contributed by atoms with Crippen molar-refractivity contribution in [1.29, 1.82) is 0 Å². The van der Waals surface area contributed by atoms with Crippen molar-refractivity contribution in [2.45, 2.75) is 19.9 Å². The number of carbonyl (C=O) groups is 1. The number of amides is 1. The molecule has 0 saturated carbocycles. The minimum atomic E-state index is -0.0725. The van der Waals surface area contributed by atoms with E-state index in [2.05, 4.69) is 45.9 Å². The number of aromatic nitrogens is 1. The van der Waals surface area contributed by atoms with E-state index < -0.39 is 0 Å². The molecule has 0 aliphatic carbocycles. The van der Waals surface area contributed by atoms with Gasteiger partial charge in [0.15, 0.2) is 0 Å². The van der Waals surface area contributed by atoms with Crippen LogP contribution in [-0.4, -0.2) is 35.4 Å². The molecule has 1 aromatic carbocycles. The molecule has 1 amide bonds. The summed E-state index contributed by atoms with van der Waals surface area (Å²) in [4.78, 5) is 19.5. The first-order valence-electron chi connectivity index (χ1n) is 8.62. The molecule has 25 heavy (non-hydrogen) atoms. The summed E-state index contributed by atoms with van der Waals surface area (Å²) < 4.78 is 0. The van der Waals surface area contributed by atoms with Crippen LogP contribution in [0.15, 0.2) is 53.4 Å². The smallest absolute Gasteiger partial charge is 0.253 e. The van der Waals surface area contributed by atoms with E-state index in [9.17, 15) is 4.79 Å². The summed E-state index contributed by atoms with van der Waals surface area (Å²) in [5, 5.41) is 8.34. The molecule has 0 bridgehead atoms. The summed E-state index contributed by atoms with van der Waals surface area (Å²) in [5.41, 5.74) is 2.63. The number of likely N-dealkylation sites (N-methyl/N-ethyl adjacent to an activating group) is 1. The first-order valence-corrected chi connectivity index (χ1v) is 9.57. The monoisotopic (exact) mass is 353 g/mol. The highest BCUT2D eigenvalue weighted by Crippen LogP contribution is 2.23. The summed E-state index contributed by atoms with van der Waals surface area (Å²) in [7, 11) is 0. The molecule has 0 spiro atoms. The normalized spacial score (nSPS) is 12.4. The van der Waals surface area contributed by atoms with Crippen LogP contribution in [0.1, 0.15) is 35.8 Å². The molecule has 5 heteroatoms. The predicted octanol–water partition coefficient (Wildman–Crippen LogP) is 4.11. The Morgan fingerprint density at radius 1 is 1.20 bits per heavy atom. The Balaban J connectivity index is 1.79. The third-order valence-corrected chi connectivity index (χ3v) is 5.22. The van der Waals surface area contributed by atoms with Gasteiger partial charge in [0.2, 0.25) is 0 Å². The van der Waals surface area contributed by atoms with Crippen LogP contribution in [0, 0.1) is 0 Å². The van der Waals surface area contributed by atoms with Crippen LogP contribution in [-0.2, 0) is 0 Å². The van der Waals surface area contributed by atoms with Crippen molar-refractivity contribution >= 4 is 28.1 Å². The van der Waals surface area contributed by atoms with Gasteiger partial charge in [-0.3, -0.25) is 14.7 Å². The van der Waals surface area contributed by atoms with E-state index in [1.54, 1.807) is 17.5 Å². The van der Waals surface area contributed by atoms with E-state index in [0.29, 0.717) is 12.1 Å². The molecule has 0 aliphatic rings. The summed E-state index contributed by atoms with van der Waals surface area (Å²) >= 11 is 1.69. The van der Waals surface area contributed by atoms with Crippen molar-refractivity contribution < 1.29 is 4.79 Å². The number of thiophene rings is 1. The van der Waals surface area contributed by atoms with Crippen molar-refractivity contribution in [3.8, 4) is 0 Å². The Hall–Kier alpha value is -2.24. The van der Waals surface area contributed by atoms with Crippen LogP contribution < -0.4 is 5.32 Å². The van der Waals surface area contributed by atoms with E-state index in [1.807, 2.05) is 30.3 Å². The second-order valence-corrected chi connectivity index (χ2v) is 6.66. The average Bonchev–Trinajstić information content (AvgIpc) is 3.18. The fraction of sp³-hybridized carbons (Fsp3) is 0.300. The predicted molar refractivity (Wildman–Crippen MR) is 104 cm³/mol. The quantitative estimate of drug-likeness (QED) is 0.695. The second-order valence-electron chi connectivity index (χ2n) is 5.88. The van der Waals surface area contributed by atoms with Crippen molar-refractivity contribution in [3.63, 3.8) is 0 Å². The zero-order valence-electron chi connectivity index (χ0n) is 14.6. The number of benzene rings is 1. The van der Waals surface area contributed by atoms with E-state index in [-0.39, 0.29) is 11.9 Å². The van der Waals surface area contributed by atoms with Crippen LogP contribution in [0.2, 0.25) is 0 Å². The largest absolute Gasteiger partial charge is 0.350 e. The lowest BCUT2D eigenvalue weighted by atomic mass is 10.1. The molecule has 0 radical (unpaired) electrons. The third kappa shape index (κ3) is 3.89. The van der Waals surface area contributed by atoms with Crippen LogP contribution in [0.25, 0.3) is 10.9 Å². The number of para-hydroxylation sites is 1. The number of pyridine rings is 1. The standard InChI is InChI=1S/C20H23N3OS/c1-3-23(4-2)18(16-10-12-25-14-16)13-22-20(24)17-9-5-7-15-8-6-11-21-19(15)17/h5-12,14,18H,3-4,13H2,1-2H3,(H,22,24)/t18-/m0/s1. The van der Waals surface area contributed by atoms with Gasteiger partial charge in [0.25, 0.3) is 5.91 Å². The van der Waals surface area contributed by atoms with E-state index in [4.69, 9.17) is 0 Å².